The van der Waals surface area contributed by atoms with Gasteiger partial charge in [0.05, 0.1) is 0 Å². The van der Waals surface area contributed by atoms with Crippen LogP contribution in [0.25, 0.3) is 0 Å². The largest absolute Gasteiger partial charge is 0.435 e. The summed E-state index contributed by atoms with van der Waals surface area (Å²) in [4.78, 5) is 15.9. The lowest BCUT2D eigenvalue weighted by Crippen LogP contribution is -2.25. The molecule has 0 aliphatic heterocycles. The first-order chi connectivity index (χ1) is 9.79. The Labute approximate surface area is 118 Å². The van der Waals surface area contributed by atoms with E-state index in [0.29, 0.717) is 5.69 Å². The fraction of sp³-hybridized carbons (Fsp3) is 0.308. The Hall–Kier alpha value is -2.38. The summed E-state index contributed by atoms with van der Waals surface area (Å²) in [6.45, 7) is 2.95. The molecule has 5 nitrogen and oxygen atoms in total. The number of amides is 1. The van der Waals surface area contributed by atoms with E-state index in [1.807, 2.05) is 0 Å². The number of anilines is 1. The number of rotatable bonds is 3. The molecule has 2 heterocycles. The molecule has 0 aromatic carbocycles. The minimum atomic E-state index is -4.53. The number of carbonyl (C=O) groups excluding carboxylic acids is 1. The van der Waals surface area contributed by atoms with Gasteiger partial charge in [0, 0.05) is 23.8 Å². The van der Waals surface area contributed by atoms with Gasteiger partial charge in [-0.1, -0.05) is 0 Å². The number of aryl methyl sites for hydroxylation is 1. The molecule has 112 valence electrons. The molecule has 2 aromatic heterocycles. The van der Waals surface area contributed by atoms with Crippen LogP contribution >= 0.6 is 0 Å². The van der Waals surface area contributed by atoms with Crippen molar-refractivity contribution < 1.29 is 18.0 Å². The minimum absolute atomic E-state index is 0.264. The van der Waals surface area contributed by atoms with E-state index in [0.717, 1.165) is 10.7 Å². The highest BCUT2D eigenvalue weighted by atomic mass is 19.4. The van der Waals surface area contributed by atoms with Crippen LogP contribution in [-0.2, 0) is 11.0 Å². The highest BCUT2D eigenvalue weighted by molar-refractivity contribution is 5.93. The molecule has 0 spiro atoms. The molecule has 0 bridgehead atoms. The van der Waals surface area contributed by atoms with Crippen LogP contribution in [0.15, 0.2) is 30.6 Å². The average molecular weight is 298 g/mol. The van der Waals surface area contributed by atoms with Crippen molar-refractivity contribution in [1.29, 1.82) is 0 Å². The van der Waals surface area contributed by atoms with Gasteiger partial charge in [0.25, 0.3) is 0 Å². The smallest absolute Gasteiger partial charge is 0.324 e. The normalized spacial score (nSPS) is 13.0. The monoisotopic (exact) mass is 298 g/mol. The molecule has 0 aliphatic carbocycles. The summed E-state index contributed by atoms with van der Waals surface area (Å²) >= 11 is 0. The number of aromatic nitrogens is 3. The lowest BCUT2D eigenvalue weighted by Gasteiger charge is -2.14. The fourth-order valence-electron chi connectivity index (χ4n) is 1.81. The maximum atomic E-state index is 12.6. The van der Waals surface area contributed by atoms with Crippen molar-refractivity contribution >= 4 is 11.6 Å². The minimum Gasteiger partial charge on any atom is -0.324 e. The molecule has 8 heteroatoms. The first-order valence-electron chi connectivity index (χ1n) is 6.13. The van der Waals surface area contributed by atoms with Gasteiger partial charge < -0.3 is 5.32 Å². The van der Waals surface area contributed by atoms with E-state index >= 15 is 0 Å². The van der Waals surface area contributed by atoms with Gasteiger partial charge in [-0.25, -0.2) is 0 Å². The number of nitrogens with zero attached hydrogens (tertiary/aromatic N) is 3. The van der Waals surface area contributed by atoms with Crippen molar-refractivity contribution in [2.75, 3.05) is 5.32 Å². The highest BCUT2D eigenvalue weighted by Gasteiger charge is 2.35. The second-order valence-corrected chi connectivity index (χ2v) is 4.51. The number of alkyl halides is 3. The Morgan fingerprint density at radius 3 is 2.48 bits per heavy atom. The molecular formula is C13H13F3N4O. The maximum Gasteiger partial charge on any atom is 0.435 e. The molecule has 0 aliphatic rings. The molecule has 1 N–H and O–H groups in total. The first-order valence-corrected chi connectivity index (χ1v) is 6.13. The standard InChI is InChI=1S/C13H13F3N4O/c1-8-7-11(13(14,15)16)19-20(8)9(2)12(21)18-10-3-5-17-6-4-10/h3-7,9H,1-2H3,(H,17,18,21)/t9-/m0/s1. The van der Waals surface area contributed by atoms with Gasteiger partial charge in [-0.15, -0.1) is 0 Å². The lowest BCUT2D eigenvalue weighted by atomic mass is 10.3. The van der Waals surface area contributed by atoms with Crippen molar-refractivity contribution in [3.63, 3.8) is 0 Å². The number of pyridine rings is 1. The van der Waals surface area contributed by atoms with Crippen LogP contribution in [0.4, 0.5) is 18.9 Å². The van der Waals surface area contributed by atoms with E-state index in [1.165, 1.54) is 26.2 Å². The number of hydrogen-bond acceptors (Lipinski definition) is 3. The van der Waals surface area contributed by atoms with Crippen molar-refractivity contribution in [2.45, 2.75) is 26.1 Å². The number of nitrogens with one attached hydrogen (secondary N) is 1. The molecule has 2 rings (SSSR count). The zero-order chi connectivity index (χ0) is 15.6. The second-order valence-electron chi connectivity index (χ2n) is 4.51. The molecule has 0 radical (unpaired) electrons. The van der Waals surface area contributed by atoms with Gasteiger partial charge in [0.2, 0.25) is 5.91 Å². The number of carbonyl (C=O) groups is 1. The van der Waals surface area contributed by atoms with Crippen molar-refractivity contribution in [1.82, 2.24) is 14.8 Å². The molecule has 0 unspecified atom stereocenters. The average Bonchev–Trinajstić information content (AvgIpc) is 2.81. The zero-order valence-corrected chi connectivity index (χ0v) is 11.3. The maximum absolute atomic E-state index is 12.6. The molecular weight excluding hydrogens is 285 g/mol. The number of halogens is 3. The fourth-order valence-corrected chi connectivity index (χ4v) is 1.81. The third-order valence-corrected chi connectivity index (χ3v) is 2.91. The van der Waals surface area contributed by atoms with Gasteiger partial charge in [-0.2, -0.15) is 18.3 Å². The van der Waals surface area contributed by atoms with Crippen molar-refractivity contribution in [3.8, 4) is 0 Å². The Bertz CT molecular complexity index is 637. The van der Waals surface area contributed by atoms with Gasteiger partial charge in [0.15, 0.2) is 5.69 Å². The zero-order valence-electron chi connectivity index (χ0n) is 11.3. The molecule has 1 atom stereocenters. The third kappa shape index (κ3) is 3.39. The highest BCUT2D eigenvalue weighted by Crippen LogP contribution is 2.29. The van der Waals surface area contributed by atoms with Gasteiger partial charge in [-0.05, 0) is 32.0 Å². The topological polar surface area (TPSA) is 59.8 Å². The molecule has 0 saturated carbocycles. The van der Waals surface area contributed by atoms with Gasteiger partial charge >= 0.3 is 6.18 Å². The predicted octanol–water partition coefficient (Wildman–Crippen LogP) is 2.81. The lowest BCUT2D eigenvalue weighted by molar-refractivity contribution is -0.141. The SMILES string of the molecule is Cc1cc(C(F)(F)F)nn1[C@@H](C)C(=O)Nc1ccncc1. The summed E-state index contributed by atoms with van der Waals surface area (Å²) in [7, 11) is 0. The summed E-state index contributed by atoms with van der Waals surface area (Å²) in [5.74, 6) is -0.457. The predicted molar refractivity (Wildman–Crippen MR) is 69.5 cm³/mol. The Morgan fingerprint density at radius 1 is 1.33 bits per heavy atom. The van der Waals surface area contributed by atoms with Gasteiger partial charge in [-0.3, -0.25) is 14.5 Å². The Balaban J connectivity index is 2.18. The Kier molecular flexibility index (Phi) is 3.97. The van der Waals surface area contributed by atoms with E-state index in [9.17, 15) is 18.0 Å². The number of hydrogen-bond donors (Lipinski definition) is 1. The third-order valence-electron chi connectivity index (χ3n) is 2.91. The van der Waals surface area contributed by atoms with E-state index in [2.05, 4.69) is 15.4 Å². The summed E-state index contributed by atoms with van der Waals surface area (Å²) in [5.41, 5.74) is -0.231. The molecule has 0 saturated heterocycles. The van der Waals surface area contributed by atoms with Crippen LogP contribution in [0.3, 0.4) is 0 Å². The van der Waals surface area contributed by atoms with Crippen LogP contribution in [0, 0.1) is 6.92 Å². The van der Waals surface area contributed by atoms with Crippen molar-refractivity contribution in [3.05, 3.63) is 42.0 Å². The van der Waals surface area contributed by atoms with Crippen molar-refractivity contribution in [2.24, 2.45) is 0 Å². The van der Waals surface area contributed by atoms with E-state index < -0.39 is 23.8 Å². The molecule has 1 amide bonds. The summed E-state index contributed by atoms with van der Waals surface area (Å²) in [6.07, 6.45) is -1.53. The van der Waals surface area contributed by atoms with Gasteiger partial charge in [0.1, 0.15) is 6.04 Å². The summed E-state index contributed by atoms with van der Waals surface area (Å²) in [5, 5.41) is 6.06. The van der Waals surface area contributed by atoms with Crippen LogP contribution in [0.5, 0.6) is 0 Å². The second kappa shape index (κ2) is 5.55. The van der Waals surface area contributed by atoms with Crippen LogP contribution < -0.4 is 5.32 Å². The first kappa shape index (κ1) is 15.0. The van der Waals surface area contributed by atoms with E-state index in [-0.39, 0.29) is 5.69 Å². The van der Waals surface area contributed by atoms with Crippen LogP contribution in [0.1, 0.15) is 24.4 Å². The summed E-state index contributed by atoms with van der Waals surface area (Å²) in [6, 6.07) is 3.22. The molecule has 0 fully saturated rings. The summed E-state index contributed by atoms with van der Waals surface area (Å²) < 4.78 is 38.9. The van der Waals surface area contributed by atoms with E-state index in [1.54, 1.807) is 12.1 Å². The Morgan fingerprint density at radius 2 is 1.95 bits per heavy atom. The van der Waals surface area contributed by atoms with E-state index in [4.69, 9.17) is 0 Å². The quantitative estimate of drug-likeness (QED) is 0.948. The van der Waals surface area contributed by atoms with Crippen LogP contribution in [-0.4, -0.2) is 20.7 Å². The van der Waals surface area contributed by atoms with Crippen LogP contribution in [0.2, 0.25) is 0 Å². The molecule has 21 heavy (non-hydrogen) atoms. The molecule has 2 aromatic rings.